The summed E-state index contributed by atoms with van der Waals surface area (Å²) >= 11 is 5.87. The number of esters is 1. The van der Waals surface area contributed by atoms with Gasteiger partial charge in [-0.05, 0) is 37.6 Å². The van der Waals surface area contributed by atoms with E-state index in [2.05, 4.69) is 12.2 Å². The van der Waals surface area contributed by atoms with Crippen LogP contribution in [-0.4, -0.2) is 18.6 Å². The van der Waals surface area contributed by atoms with Gasteiger partial charge in [0.15, 0.2) is 0 Å². The fourth-order valence-corrected chi connectivity index (χ4v) is 2.32. The normalized spacial score (nSPS) is 13.6. The molecule has 0 spiro atoms. The van der Waals surface area contributed by atoms with Gasteiger partial charge in [0.1, 0.15) is 5.54 Å². The lowest BCUT2D eigenvalue weighted by molar-refractivity contribution is -0.145. The molecule has 0 aromatic heterocycles. The Morgan fingerprint density at radius 3 is 2.45 bits per heavy atom. The van der Waals surface area contributed by atoms with Crippen molar-refractivity contribution in [2.45, 2.75) is 51.5 Å². The first-order valence-corrected chi connectivity index (χ1v) is 7.52. The molecule has 0 amide bonds. The van der Waals surface area contributed by atoms with Gasteiger partial charge in [-0.15, -0.1) is 0 Å². The molecule has 0 heterocycles. The number of anilines is 1. The van der Waals surface area contributed by atoms with Crippen LogP contribution in [0.25, 0.3) is 0 Å². The third kappa shape index (κ3) is 5.04. The van der Waals surface area contributed by atoms with Gasteiger partial charge in [0, 0.05) is 10.7 Å². The van der Waals surface area contributed by atoms with Crippen LogP contribution in [0, 0.1) is 0 Å². The highest BCUT2D eigenvalue weighted by atomic mass is 35.5. The van der Waals surface area contributed by atoms with Gasteiger partial charge in [-0.3, -0.25) is 0 Å². The van der Waals surface area contributed by atoms with Gasteiger partial charge in [0.05, 0.1) is 7.11 Å². The third-order valence-corrected chi connectivity index (χ3v) is 3.68. The van der Waals surface area contributed by atoms with E-state index in [-0.39, 0.29) is 5.97 Å². The lowest BCUT2D eigenvalue weighted by Crippen LogP contribution is -2.44. The molecule has 1 N–H and O–H groups in total. The maximum absolute atomic E-state index is 12.1. The molecule has 0 saturated carbocycles. The summed E-state index contributed by atoms with van der Waals surface area (Å²) in [4.78, 5) is 12.1. The topological polar surface area (TPSA) is 38.3 Å². The van der Waals surface area contributed by atoms with E-state index in [0.29, 0.717) is 5.02 Å². The Morgan fingerprint density at radius 2 is 1.90 bits per heavy atom. The first kappa shape index (κ1) is 16.8. The number of carbonyl (C=O) groups is 1. The molecule has 0 aliphatic rings. The van der Waals surface area contributed by atoms with Crippen molar-refractivity contribution in [2.24, 2.45) is 0 Å². The maximum Gasteiger partial charge on any atom is 0.331 e. The van der Waals surface area contributed by atoms with E-state index < -0.39 is 5.54 Å². The van der Waals surface area contributed by atoms with E-state index >= 15 is 0 Å². The summed E-state index contributed by atoms with van der Waals surface area (Å²) in [6.07, 6.45) is 5.26. The zero-order valence-electron chi connectivity index (χ0n) is 12.5. The fraction of sp³-hybridized carbons (Fsp3) is 0.562. The lowest BCUT2D eigenvalue weighted by atomic mass is 9.93. The molecule has 20 heavy (non-hydrogen) atoms. The number of methoxy groups -OCH3 is 1. The number of halogens is 1. The van der Waals surface area contributed by atoms with Crippen LogP contribution in [0.1, 0.15) is 46.0 Å². The Morgan fingerprint density at radius 1 is 1.25 bits per heavy atom. The molecule has 0 aliphatic carbocycles. The highest BCUT2D eigenvalue weighted by molar-refractivity contribution is 6.30. The standard InChI is InChI=1S/C16H24ClNO2/c1-4-5-6-7-12-16(2,15(19)20-3)18-14-10-8-13(17)9-11-14/h8-11,18H,4-7,12H2,1-3H3. The van der Waals surface area contributed by atoms with Crippen LogP contribution in [0.15, 0.2) is 24.3 Å². The van der Waals surface area contributed by atoms with E-state index in [0.717, 1.165) is 24.9 Å². The summed E-state index contributed by atoms with van der Waals surface area (Å²) < 4.78 is 4.94. The SMILES string of the molecule is CCCCCCC(C)(Nc1ccc(Cl)cc1)C(=O)OC. The Balaban J connectivity index is 2.72. The van der Waals surface area contributed by atoms with Gasteiger partial charge in [0.25, 0.3) is 0 Å². The number of benzene rings is 1. The van der Waals surface area contributed by atoms with Crippen molar-refractivity contribution in [1.29, 1.82) is 0 Å². The molecule has 1 unspecified atom stereocenters. The molecule has 4 heteroatoms. The van der Waals surface area contributed by atoms with E-state index in [4.69, 9.17) is 16.3 Å². The largest absolute Gasteiger partial charge is 0.467 e. The highest BCUT2D eigenvalue weighted by Crippen LogP contribution is 2.24. The molecular formula is C16H24ClNO2. The molecule has 1 aromatic rings. The van der Waals surface area contributed by atoms with Crippen LogP contribution < -0.4 is 5.32 Å². The van der Waals surface area contributed by atoms with Crippen LogP contribution in [0.4, 0.5) is 5.69 Å². The van der Waals surface area contributed by atoms with E-state index in [1.54, 1.807) is 12.1 Å². The van der Waals surface area contributed by atoms with Crippen molar-refractivity contribution in [1.82, 2.24) is 0 Å². The van der Waals surface area contributed by atoms with Crippen molar-refractivity contribution in [3.05, 3.63) is 29.3 Å². The van der Waals surface area contributed by atoms with E-state index in [1.165, 1.54) is 20.0 Å². The number of hydrogen-bond donors (Lipinski definition) is 1. The minimum atomic E-state index is -0.698. The smallest absolute Gasteiger partial charge is 0.331 e. The minimum Gasteiger partial charge on any atom is -0.467 e. The molecule has 0 bridgehead atoms. The van der Waals surface area contributed by atoms with Crippen LogP contribution in [0.5, 0.6) is 0 Å². The van der Waals surface area contributed by atoms with Gasteiger partial charge in [-0.2, -0.15) is 0 Å². The highest BCUT2D eigenvalue weighted by Gasteiger charge is 2.33. The Hall–Kier alpha value is -1.22. The molecule has 0 aliphatic heterocycles. The van der Waals surface area contributed by atoms with Gasteiger partial charge < -0.3 is 10.1 Å². The van der Waals surface area contributed by atoms with Crippen LogP contribution in [-0.2, 0) is 9.53 Å². The fourth-order valence-electron chi connectivity index (χ4n) is 2.20. The van der Waals surface area contributed by atoms with Crippen molar-refractivity contribution in [3.63, 3.8) is 0 Å². The summed E-state index contributed by atoms with van der Waals surface area (Å²) in [6, 6.07) is 7.35. The first-order chi connectivity index (χ1) is 9.51. The number of hydrogen-bond acceptors (Lipinski definition) is 3. The van der Waals surface area contributed by atoms with Gasteiger partial charge in [0.2, 0.25) is 0 Å². The predicted octanol–water partition coefficient (Wildman–Crippen LogP) is 4.65. The number of carbonyl (C=O) groups excluding carboxylic acids is 1. The number of unbranched alkanes of at least 4 members (excludes halogenated alkanes) is 3. The van der Waals surface area contributed by atoms with E-state index in [9.17, 15) is 4.79 Å². The van der Waals surface area contributed by atoms with E-state index in [1.807, 2.05) is 19.1 Å². The Labute approximate surface area is 126 Å². The molecule has 1 aromatic carbocycles. The summed E-state index contributed by atoms with van der Waals surface area (Å²) in [7, 11) is 1.43. The molecule has 1 rings (SSSR count). The second-order valence-corrected chi connectivity index (χ2v) is 5.70. The molecule has 112 valence electrons. The third-order valence-electron chi connectivity index (χ3n) is 3.43. The number of rotatable bonds is 8. The molecule has 0 saturated heterocycles. The minimum absolute atomic E-state index is 0.232. The van der Waals surface area contributed by atoms with Crippen molar-refractivity contribution >= 4 is 23.3 Å². The van der Waals surface area contributed by atoms with Crippen molar-refractivity contribution in [2.75, 3.05) is 12.4 Å². The summed E-state index contributed by atoms with van der Waals surface area (Å²) in [5, 5.41) is 3.96. The molecule has 1 atom stereocenters. The quantitative estimate of drug-likeness (QED) is 0.560. The second kappa shape index (κ2) is 8.15. The van der Waals surface area contributed by atoms with Crippen LogP contribution in [0.2, 0.25) is 5.02 Å². The second-order valence-electron chi connectivity index (χ2n) is 5.27. The Bertz CT molecular complexity index is 419. The van der Waals surface area contributed by atoms with Gasteiger partial charge in [-0.1, -0.05) is 44.2 Å². The number of nitrogens with one attached hydrogen (secondary N) is 1. The van der Waals surface area contributed by atoms with Crippen molar-refractivity contribution in [3.8, 4) is 0 Å². The zero-order chi connectivity index (χ0) is 15.0. The van der Waals surface area contributed by atoms with Gasteiger partial charge in [-0.25, -0.2) is 4.79 Å². The van der Waals surface area contributed by atoms with Crippen LogP contribution in [0.3, 0.4) is 0 Å². The summed E-state index contributed by atoms with van der Waals surface area (Å²) in [5.74, 6) is -0.232. The summed E-state index contributed by atoms with van der Waals surface area (Å²) in [6.45, 7) is 4.06. The molecule has 0 radical (unpaired) electrons. The number of ether oxygens (including phenoxy) is 1. The first-order valence-electron chi connectivity index (χ1n) is 7.14. The summed E-state index contributed by atoms with van der Waals surface area (Å²) in [5.41, 5.74) is 0.175. The van der Waals surface area contributed by atoms with Crippen molar-refractivity contribution < 1.29 is 9.53 Å². The zero-order valence-corrected chi connectivity index (χ0v) is 13.3. The Kier molecular flexibility index (Phi) is 6.86. The maximum atomic E-state index is 12.1. The predicted molar refractivity (Wildman–Crippen MR) is 84.3 cm³/mol. The van der Waals surface area contributed by atoms with Crippen LogP contribution >= 0.6 is 11.6 Å². The monoisotopic (exact) mass is 297 g/mol. The van der Waals surface area contributed by atoms with Gasteiger partial charge >= 0.3 is 5.97 Å². The molecule has 0 fully saturated rings. The average Bonchev–Trinajstić information content (AvgIpc) is 2.45. The average molecular weight is 298 g/mol. The molecule has 3 nitrogen and oxygen atoms in total. The lowest BCUT2D eigenvalue weighted by Gasteiger charge is -2.29. The molecular weight excluding hydrogens is 274 g/mol.